The second-order valence-corrected chi connectivity index (χ2v) is 3.49. The van der Waals surface area contributed by atoms with Gasteiger partial charge in [0.1, 0.15) is 5.54 Å². The van der Waals surface area contributed by atoms with Crippen molar-refractivity contribution < 1.29 is 0 Å². The summed E-state index contributed by atoms with van der Waals surface area (Å²) in [4.78, 5) is 10.3. The molecule has 2 heteroatoms. The van der Waals surface area contributed by atoms with Crippen molar-refractivity contribution in [2.45, 2.75) is 19.4 Å². The Labute approximate surface area is 78.3 Å². The maximum atomic E-state index is 10.3. The average Bonchev–Trinajstić information content (AvgIpc) is 2.17. The molecular formula is C11H13NO. The molecule has 1 aromatic carbocycles. The molecule has 13 heavy (non-hydrogen) atoms. The molecule has 1 aromatic rings. The SMILES string of the molecule is CC(C)(/C=C/c1ccccc1)N=O. The molecule has 0 heterocycles. The third-order valence-electron chi connectivity index (χ3n) is 1.72. The van der Waals surface area contributed by atoms with Crippen molar-refractivity contribution >= 4 is 6.08 Å². The third-order valence-corrected chi connectivity index (χ3v) is 1.72. The van der Waals surface area contributed by atoms with Crippen molar-refractivity contribution in [1.29, 1.82) is 0 Å². The zero-order valence-corrected chi connectivity index (χ0v) is 7.90. The van der Waals surface area contributed by atoms with Crippen molar-refractivity contribution in [2.75, 3.05) is 0 Å². The Morgan fingerprint density at radius 1 is 1.23 bits per heavy atom. The smallest absolute Gasteiger partial charge is 0.115 e. The maximum absolute atomic E-state index is 10.3. The van der Waals surface area contributed by atoms with Gasteiger partial charge in [-0.25, -0.2) is 0 Å². The third kappa shape index (κ3) is 3.20. The molecule has 2 nitrogen and oxygen atoms in total. The van der Waals surface area contributed by atoms with Crippen LogP contribution in [0.15, 0.2) is 41.6 Å². The molecule has 0 unspecified atom stereocenters. The van der Waals surface area contributed by atoms with E-state index in [0.29, 0.717) is 0 Å². The van der Waals surface area contributed by atoms with E-state index in [1.54, 1.807) is 19.9 Å². The van der Waals surface area contributed by atoms with Crippen LogP contribution in [0.1, 0.15) is 19.4 Å². The number of hydrogen-bond acceptors (Lipinski definition) is 2. The predicted molar refractivity (Wildman–Crippen MR) is 55.4 cm³/mol. The van der Waals surface area contributed by atoms with Gasteiger partial charge in [0.05, 0.1) is 0 Å². The minimum Gasteiger partial charge on any atom is -0.150 e. The van der Waals surface area contributed by atoms with Crippen LogP contribution in [0, 0.1) is 4.91 Å². The Morgan fingerprint density at radius 3 is 2.38 bits per heavy atom. The molecule has 0 N–H and O–H groups in total. The van der Waals surface area contributed by atoms with Crippen molar-refractivity contribution in [3.05, 3.63) is 46.9 Å². The summed E-state index contributed by atoms with van der Waals surface area (Å²) in [6.07, 6.45) is 3.71. The van der Waals surface area contributed by atoms with Gasteiger partial charge in [-0.1, -0.05) is 47.7 Å². The van der Waals surface area contributed by atoms with Crippen LogP contribution in [0.2, 0.25) is 0 Å². The number of rotatable bonds is 3. The zero-order valence-electron chi connectivity index (χ0n) is 7.90. The Hall–Kier alpha value is -1.44. The second-order valence-electron chi connectivity index (χ2n) is 3.49. The van der Waals surface area contributed by atoms with Crippen molar-refractivity contribution in [3.8, 4) is 0 Å². The molecule has 0 spiro atoms. The topological polar surface area (TPSA) is 29.4 Å². The van der Waals surface area contributed by atoms with E-state index in [0.717, 1.165) is 5.56 Å². The predicted octanol–water partition coefficient (Wildman–Crippen LogP) is 3.24. The van der Waals surface area contributed by atoms with Gasteiger partial charge in [-0.2, -0.15) is 0 Å². The lowest BCUT2D eigenvalue weighted by molar-refractivity contribution is 0.654. The van der Waals surface area contributed by atoms with E-state index in [9.17, 15) is 4.91 Å². The molecule has 0 radical (unpaired) electrons. The van der Waals surface area contributed by atoms with Crippen LogP contribution in [0.5, 0.6) is 0 Å². The van der Waals surface area contributed by atoms with E-state index >= 15 is 0 Å². The summed E-state index contributed by atoms with van der Waals surface area (Å²) in [5.74, 6) is 0. The van der Waals surface area contributed by atoms with Gasteiger partial charge in [0.2, 0.25) is 0 Å². The first-order chi connectivity index (χ1) is 6.14. The molecule has 0 atom stereocenters. The van der Waals surface area contributed by atoms with Gasteiger partial charge in [-0.3, -0.25) is 0 Å². The number of nitrogens with zero attached hydrogens (tertiary/aromatic N) is 1. The Morgan fingerprint density at radius 2 is 1.85 bits per heavy atom. The highest BCUT2D eigenvalue weighted by atomic mass is 16.3. The molecule has 0 aromatic heterocycles. The van der Waals surface area contributed by atoms with Gasteiger partial charge < -0.3 is 0 Å². The second kappa shape index (κ2) is 3.99. The summed E-state index contributed by atoms with van der Waals surface area (Å²) in [5.41, 5.74) is 0.467. The highest BCUT2D eigenvalue weighted by molar-refractivity contribution is 5.50. The first kappa shape index (κ1) is 9.65. The summed E-state index contributed by atoms with van der Waals surface area (Å²) in [6, 6.07) is 9.84. The lowest BCUT2D eigenvalue weighted by Gasteiger charge is -2.07. The van der Waals surface area contributed by atoms with E-state index in [4.69, 9.17) is 0 Å². The van der Waals surface area contributed by atoms with Crippen LogP contribution in [0.4, 0.5) is 0 Å². The van der Waals surface area contributed by atoms with Gasteiger partial charge in [0, 0.05) is 0 Å². The summed E-state index contributed by atoms with van der Waals surface area (Å²) < 4.78 is 0. The van der Waals surface area contributed by atoms with Gasteiger partial charge >= 0.3 is 0 Å². The van der Waals surface area contributed by atoms with E-state index in [1.807, 2.05) is 36.4 Å². The minimum atomic E-state index is -0.615. The number of hydrogen-bond donors (Lipinski definition) is 0. The van der Waals surface area contributed by atoms with Crippen LogP contribution in [-0.2, 0) is 0 Å². The Kier molecular flexibility index (Phi) is 2.96. The van der Waals surface area contributed by atoms with Crippen molar-refractivity contribution in [3.63, 3.8) is 0 Å². The van der Waals surface area contributed by atoms with E-state index < -0.39 is 5.54 Å². The quantitative estimate of drug-likeness (QED) is 0.648. The standard InChI is InChI=1S/C11H13NO/c1-11(2,12-13)9-8-10-6-4-3-5-7-10/h3-9H,1-2H3/b9-8+. The van der Waals surface area contributed by atoms with E-state index in [2.05, 4.69) is 5.18 Å². The van der Waals surface area contributed by atoms with Crippen LogP contribution in [0.25, 0.3) is 6.08 Å². The molecule has 0 fully saturated rings. The lowest BCUT2D eigenvalue weighted by Crippen LogP contribution is -2.10. The van der Waals surface area contributed by atoms with Crippen LogP contribution >= 0.6 is 0 Å². The molecule has 68 valence electrons. The first-order valence-electron chi connectivity index (χ1n) is 4.23. The number of nitroso groups, excluding NO2 is 1. The van der Waals surface area contributed by atoms with Crippen LogP contribution in [0.3, 0.4) is 0 Å². The fourth-order valence-electron chi connectivity index (χ4n) is 0.895. The fourth-order valence-corrected chi connectivity index (χ4v) is 0.895. The average molecular weight is 175 g/mol. The van der Waals surface area contributed by atoms with Crippen LogP contribution in [-0.4, -0.2) is 5.54 Å². The van der Waals surface area contributed by atoms with Gasteiger partial charge in [-0.15, -0.1) is 4.91 Å². The molecule has 0 amide bonds. The van der Waals surface area contributed by atoms with Crippen LogP contribution < -0.4 is 0 Å². The van der Waals surface area contributed by atoms with E-state index in [1.165, 1.54) is 0 Å². The van der Waals surface area contributed by atoms with Crippen molar-refractivity contribution in [2.24, 2.45) is 5.18 Å². The van der Waals surface area contributed by atoms with Gasteiger partial charge in [-0.05, 0) is 19.4 Å². The monoisotopic (exact) mass is 175 g/mol. The summed E-state index contributed by atoms with van der Waals surface area (Å²) in [5, 5.41) is 3.00. The molecule has 0 saturated carbocycles. The van der Waals surface area contributed by atoms with Gasteiger partial charge in [0.25, 0.3) is 0 Å². The largest absolute Gasteiger partial charge is 0.150 e. The zero-order chi connectivity index (χ0) is 9.73. The normalized spacial score (nSPS) is 11.8. The minimum absolute atomic E-state index is 0.615. The Bertz CT molecular complexity index is 301. The van der Waals surface area contributed by atoms with E-state index in [-0.39, 0.29) is 0 Å². The Balaban J connectivity index is 2.75. The summed E-state index contributed by atoms with van der Waals surface area (Å²) >= 11 is 0. The molecule has 0 aliphatic rings. The first-order valence-corrected chi connectivity index (χ1v) is 4.23. The molecule has 0 aliphatic heterocycles. The summed E-state index contributed by atoms with van der Waals surface area (Å²) in [7, 11) is 0. The molecule has 0 aliphatic carbocycles. The summed E-state index contributed by atoms with van der Waals surface area (Å²) in [6.45, 7) is 3.55. The molecule has 0 bridgehead atoms. The molecular weight excluding hydrogens is 162 g/mol. The molecule has 1 rings (SSSR count). The molecule has 0 saturated heterocycles. The maximum Gasteiger partial charge on any atom is 0.115 e. The fraction of sp³-hybridized carbons (Fsp3) is 0.273. The number of benzene rings is 1. The highest BCUT2D eigenvalue weighted by Crippen LogP contribution is 2.12. The lowest BCUT2D eigenvalue weighted by atomic mass is 10.1. The van der Waals surface area contributed by atoms with Gasteiger partial charge in [0.15, 0.2) is 0 Å². The highest BCUT2D eigenvalue weighted by Gasteiger charge is 2.12. The van der Waals surface area contributed by atoms with Crippen molar-refractivity contribution in [1.82, 2.24) is 0 Å².